The topological polar surface area (TPSA) is 78.5 Å². The Morgan fingerprint density at radius 3 is 2.50 bits per heavy atom. The Morgan fingerprint density at radius 2 is 1.84 bits per heavy atom. The van der Waals surface area contributed by atoms with E-state index in [9.17, 15) is 26.4 Å². The summed E-state index contributed by atoms with van der Waals surface area (Å²) >= 11 is 2.31. The second-order valence-electron chi connectivity index (χ2n) is 7.88. The molecule has 0 radical (unpaired) electrons. The zero-order valence-electron chi connectivity index (χ0n) is 17.1. The third kappa shape index (κ3) is 4.78. The molecule has 174 valence electrons. The van der Waals surface area contributed by atoms with Gasteiger partial charge in [-0.1, -0.05) is 23.9 Å². The summed E-state index contributed by atoms with van der Waals surface area (Å²) in [6, 6.07) is 9.60. The monoisotopic (exact) mass is 505 g/mol. The van der Waals surface area contributed by atoms with Crippen LogP contribution in [0.2, 0.25) is 0 Å². The van der Waals surface area contributed by atoms with E-state index in [1.807, 2.05) is 0 Å². The van der Waals surface area contributed by atoms with Crippen molar-refractivity contribution in [3.8, 4) is 0 Å². The van der Waals surface area contributed by atoms with Gasteiger partial charge in [0.05, 0.1) is 14.8 Å². The third-order valence-electron chi connectivity index (χ3n) is 5.93. The number of rotatable bonds is 6. The Kier molecular flexibility index (Phi) is 6.49. The molecule has 2 aromatic rings. The minimum atomic E-state index is -5.53. The highest BCUT2D eigenvalue weighted by Gasteiger charge is 2.46. The molecular weight excluding hydrogens is 483 g/mol. The average Bonchev–Trinajstić information content (AvgIpc) is 3.20. The number of carbonyl (C=O) groups excluding carboxylic acids is 1. The number of thiophene rings is 1. The van der Waals surface area contributed by atoms with Crippen LogP contribution < -0.4 is 10.0 Å². The molecule has 0 unspecified atom stereocenters. The van der Waals surface area contributed by atoms with Crippen LogP contribution >= 0.6 is 23.1 Å². The van der Waals surface area contributed by atoms with Crippen LogP contribution in [0.15, 0.2) is 45.5 Å². The van der Waals surface area contributed by atoms with Crippen molar-refractivity contribution in [1.29, 1.82) is 0 Å². The maximum atomic E-state index is 12.8. The van der Waals surface area contributed by atoms with Crippen molar-refractivity contribution < 1.29 is 26.4 Å². The fraction of sp³-hybridized carbons (Fsp3) is 0.450. The number of hydrogen-bond acceptors (Lipinski definition) is 6. The van der Waals surface area contributed by atoms with Gasteiger partial charge in [-0.05, 0) is 63.0 Å². The van der Waals surface area contributed by atoms with Crippen molar-refractivity contribution in [3.05, 3.63) is 41.3 Å². The lowest BCUT2D eigenvalue weighted by Crippen LogP contribution is -2.62. The second-order valence-corrected chi connectivity index (χ2v) is 12.0. The molecule has 12 heteroatoms. The first-order valence-electron chi connectivity index (χ1n) is 10.1. The lowest BCUT2D eigenvalue weighted by Gasteiger charge is -2.49. The number of nitrogens with one attached hydrogen (secondary N) is 2. The van der Waals surface area contributed by atoms with Crippen LogP contribution in [-0.4, -0.2) is 49.9 Å². The third-order valence-corrected chi connectivity index (χ3v) is 9.32. The minimum absolute atomic E-state index is 0.0979. The number of fused-ring (bicyclic) bond motifs is 3. The van der Waals surface area contributed by atoms with E-state index in [1.165, 1.54) is 29.5 Å². The first kappa shape index (κ1) is 23.4. The Morgan fingerprint density at radius 1 is 1.16 bits per heavy atom. The summed E-state index contributed by atoms with van der Waals surface area (Å²) in [7, 11) is -5.53. The molecule has 1 amide bonds. The van der Waals surface area contributed by atoms with E-state index >= 15 is 0 Å². The fourth-order valence-electron chi connectivity index (χ4n) is 4.22. The molecule has 6 nitrogen and oxygen atoms in total. The molecule has 2 bridgehead atoms. The van der Waals surface area contributed by atoms with Crippen molar-refractivity contribution in [2.45, 2.75) is 46.5 Å². The van der Waals surface area contributed by atoms with Gasteiger partial charge in [-0.2, -0.15) is 21.6 Å². The van der Waals surface area contributed by atoms with E-state index in [0.29, 0.717) is 19.9 Å². The van der Waals surface area contributed by atoms with Gasteiger partial charge in [-0.25, -0.2) is 0 Å². The Hall–Kier alpha value is -1.76. The van der Waals surface area contributed by atoms with Crippen LogP contribution in [0.25, 0.3) is 0 Å². The molecule has 0 aliphatic carbocycles. The zero-order valence-corrected chi connectivity index (χ0v) is 19.5. The van der Waals surface area contributed by atoms with E-state index < -0.39 is 15.5 Å². The molecule has 4 heterocycles. The van der Waals surface area contributed by atoms with E-state index in [-0.39, 0.29) is 23.7 Å². The number of amides is 1. The van der Waals surface area contributed by atoms with Crippen LogP contribution in [0.4, 0.5) is 18.9 Å². The Labute approximate surface area is 192 Å². The number of para-hydroxylation sites is 1. The van der Waals surface area contributed by atoms with Crippen LogP contribution in [0.5, 0.6) is 0 Å². The van der Waals surface area contributed by atoms with Gasteiger partial charge in [-0.15, -0.1) is 11.3 Å². The van der Waals surface area contributed by atoms with Crippen LogP contribution in [0.1, 0.15) is 29.4 Å². The molecule has 1 aromatic carbocycles. The number of hydrogen-bond donors (Lipinski definition) is 2. The number of alkyl halides is 3. The summed E-state index contributed by atoms with van der Waals surface area (Å²) in [5.74, 6) is 0.305. The maximum absolute atomic E-state index is 12.8. The molecule has 0 saturated carbocycles. The molecule has 3 saturated heterocycles. The quantitative estimate of drug-likeness (QED) is 0.610. The van der Waals surface area contributed by atoms with Gasteiger partial charge < -0.3 is 5.32 Å². The van der Waals surface area contributed by atoms with E-state index in [2.05, 4.69) is 17.1 Å². The summed E-state index contributed by atoms with van der Waals surface area (Å²) in [6.45, 7) is 4.26. The number of anilines is 1. The van der Waals surface area contributed by atoms with Gasteiger partial charge in [-0.3, -0.25) is 14.4 Å². The van der Waals surface area contributed by atoms with Crippen LogP contribution in [-0.2, 0) is 10.0 Å². The average molecular weight is 506 g/mol. The van der Waals surface area contributed by atoms with Crippen molar-refractivity contribution in [1.82, 2.24) is 10.2 Å². The molecule has 3 fully saturated rings. The number of carbonyl (C=O) groups is 1. The normalized spacial score (nSPS) is 25.5. The SMILES string of the molecule is C[C@H]1[C@H](NC(=O)c2ccc(Sc3ccccc3NS(=O)(=O)C(F)(F)F)s2)C2CCN1CC2. The van der Waals surface area contributed by atoms with Crippen LogP contribution in [0, 0.1) is 5.92 Å². The minimum Gasteiger partial charge on any atom is -0.347 e. The molecule has 0 spiro atoms. The number of benzene rings is 1. The largest absolute Gasteiger partial charge is 0.516 e. The van der Waals surface area contributed by atoms with Gasteiger partial charge >= 0.3 is 15.5 Å². The molecule has 1 aromatic heterocycles. The second kappa shape index (κ2) is 8.88. The summed E-state index contributed by atoms with van der Waals surface area (Å²) in [5, 5.41) is 3.16. The molecule has 2 atom stereocenters. The summed E-state index contributed by atoms with van der Waals surface area (Å²) < 4.78 is 63.5. The molecule has 2 N–H and O–H groups in total. The highest BCUT2D eigenvalue weighted by Crippen LogP contribution is 2.39. The van der Waals surface area contributed by atoms with E-state index in [0.717, 1.165) is 37.7 Å². The van der Waals surface area contributed by atoms with Gasteiger partial charge in [0.2, 0.25) is 0 Å². The molecule has 32 heavy (non-hydrogen) atoms. The van der Waals surface area contributed by atoms with Crippen molar-refractivity contribution >= 4 is 44.7 Å². The fourth-order valence-corrected chi connectivity index (χ4v) is 6.94. The predicted octanol–water partition coefficient (Wildman–Crippen LogP) is 4.37. The lowest BCUT2D eigenvalue weighted by molar-refractivity contribution is -0.0429. The van der Waals surface area contributed by atoms with Gasteiger partial charge in [0.25, 0.3) is 5.91 Å². The molecule has 5 rings (SSSR count). The number of halogens is 3. The summed E-state index contributed by atoms with van der Waals surface area (Å²) in [5.41, 5.74) is -5.58. The number of nitrogens with zero attached hydrogens (tertiary/aromatic N) is 1. The van der Waals surface area contributed by atoms with E-state index in [1.54, 1.807) is 22.9 Å². The first-order chi connectivity index (χ1) is 15.0. The van der Waals surface area contributed by atoms with Gasteiger partial charge in [0, 0.05) is 17.0 Å². The summed E-state index contributed by atoms with van der Waals surface area (Å²) in [4.78, 5) is 16.0. The van der Waals surface area contributed by atoms with Crippen molar-refractivity contribution in [3.63, 3.8) is 0 Å². The van der Waals surface area contributed by atoms with E-state index in [4.69, 9.17) is 0 Å². The Balaban J connectivity index is 1.46. The molecule has 3 aliphatic rings. The van der Waals surface area contributed by atoms with Crippen LogP contribution in [0.3, 0.4) is 0 Å². The van der Waals surface area contributed by atoms with Gasteiger partial charge in [0.1, 0.15) is 0 Å². The Bertz CT molecular complexity index is 1090. The zero-order chi connectivity index (χ0) is 23.1. The summed E-state index contributed by atoms with van der Waals surface area (Å²) in [6.07, 6.45) is 2.15. The smallest absolute Gasteiger partial charge is 0.347 e. The number of piperidine rings is 3. The highest BCUT2D eigenvalue weighted by molar-refractivity contribution is 8.01. The lowest BCUT2D eigenvalue weighted by atomic mass is 9.79. The van der Waals surface area contributed by atoms with Gasteiger partial charge in [0.15, 0.2) is 0 Å². The number of sulfonamides is 1. The predicted molar refractivity (Wildman–Crippen MR) is 118 cm³/mol. The highest BCUT2D eigenvalue weighted by atomic mass is 32.2. The standard InChI is InChI=1S/C20H22F3N3O3S3/c1-12-18(13-8-10-26(12)11-9-13)24-19(27)16-6-7-17(31-16)30-15-5-3-2-4-14(15)25-32(28,29)20(21,22)23/h2-7,12-13,18,25H,8-11H2,1H3,(H,24,27)/t12-,18-/m0/s1. The molecular formula is C20H22F3N3O3S3. The molecule has 3 aliphatic heterocycles. The first-order valence-corrected chi connectivity index (χ1v) is 13.2. The maximum Gasteiger partial charge on any atom is 0.516 e. The van der Waals surface area contributed by atoms with Crippen molar-refractivity contribution in [2.24, 2.45) is 5.92 Å². The van der Waals surface area contributed by atoms with Crippen molar-refractivity contribution in [2.75, 3.05) is 17.8 Å².